The van der Waals surface area contributed by atoms with E-state index in [1.165, 1.54) is 4.88 Å². The van der Waals surface area contributed by atoms with Gasteiger partial charge in [0.15, 0.2) is 0 Å². The number of aromatic nitrogens is 1. The summed E-state index contributed by atoms with van der Waals surface area (Å²) in [5.74, 6) is 0. The first-order valence-corrected chi connectivity index (χ1v) is 6.68. The number of hydrogen-bond donors (Lipinski definition) is 1. The highest BCUT2D eigenvalue weighted by Crippen LogP contribution is 2.20. The lowest BCUT2D eigenvalue weighted by atomic mass is 9.99. The monoisotopic (exact) mass is 239 g/mol. The molecule has 16 heavy (non-hydrogen) atoms. The molecule has 3 nitrogen and oxygen atoms in total. The topological polar surface area (TPSA) is 28.2 Å². The van der Waals surface area contributed by atoms with Crippen molar-refractivity contribution < 1.29 is 0 Å². The van der Waals surface area contributed by atoms with Crippen molar-refractivity contribution in [3.63, 3.8) is 0 Å². The average Bonchev–Trinajstić information content (AvgIpc) is 2.58. The molecule has 1 N–H and O–H groups in total. The maximum atomic E-state index is 4.32. The number of nitrogens with zero attached hydrogens (tertiary/aromatic N) is 2. The molecule has 1 aromatic rings. The molecular formula is C12H21N3S. The Kier molecular flexibility index (Phi) is 3.33. The molecule has 1 atom stereocenters. The maximum Gasteiger partial charge on any atom is 0.0897 e. The van der Waals surface area contributed by atoms with Crippen LogP contribution in [-0.4, -0.2) is 34.6 Å². The van der Waals surface area contributed by atoms with Crippen molar-refractivity contribution in [1.82, 2.24) is 15.2 Å². The predicted molar refractivity (Wildman–Crippen MR) is 68.8 cm³/mol. The molecule has 0 bridgehead atoms. The van der Waals surface area contributed by atoms with Gasteiger partial charge in [0.2, 0.25) is 0 Å². The molecule has 4 heteroatoms. The average molecular weight is 239 g/mol. The Labute approximate surface area is 102 Å². The molecule has 2 rings (SSSR count). The zero-order valence-corrected chi connectivity index (χ0v) is 11.4. The van der Waals surface area contributed by atoms with E-state index in [-0.39, 0.29) is 5.54 Å². The van der Waals surface area contributed by atoms with Gasteiger partial charge >= 0.3 is 0 Å². The summed E-state index contributed by atoms with van der Waals surface area (Å²) in [6, 6.07) is 0.607. The zero-order valence-electron chi connectivity index (χ0n) is 10.6. The van der Waals surface area contributed by atoms with Crippen LogP contribution in [0.25, 0.3) is 0 Å². The van der Waals surface area contributed by atoms with Crippen LogP contribution in [0.2, 0.25) is 0 Å². The van der Waals surface area contributed by atoms with E-state index in [9.17, 15) is 0 Å². The van der Waals surface area contributed by atoms with E-state index < -0.39 is 0 Å². The highest BCUT2D eigenvalue weighted by Gasteiger charge is 2.30. The van der Waals surface area contributed by atoms with Crippen LogP contribution in [0.4, 0.5) is 0 Å². The third kappa shape index (κ3) is 2.81. The maximum absolute atomic E-state index is 4.32. The Morgan fingerprint density at radius 3 is 3.00 bits per heavy atom. The van der Waals surface area contributed by atoms with Crippen LogP contribution < -0.4 is 5.32 Å². The lowest BCUT2D eigenvalue weighted by molar-refractivity contribution is 0.0987. The highest BCUT2D eigenvalue weighted by atomic mass is 32.1. The third-order valence-electron chi connectivity index (χ3n) is 3.13. The zero-order chi connectivity index (χ0) is 11.8. The molecule has 1 saturated heterocycles. The normalized spacial score (nSPS) is 25.9. The smallest absolute Gasteiger partial charge is 0.0897 e. The summed E-state index contributed by atoms with van der Waals surface area (Å²) < 4.78 is 0. The minimum atomic E-state index is 0.228. The van der Waals surface area contributed by atoms with Crippen LogP contribution in [-0.2, 0) is 6.54 Å². The summed E-state index contributed by atoms with van der Waals surface area (Å²) in [5, 5.41) is 4.74. The Balaban J connectivity index is 2.02. The van der Waals surface area contributed by atoms with E-state index in [4.69, 9.17) is 0 Å². The summed E-state index contributed by atoms with van der Waals surface area (Å²) in [6.07, 6.45) is 2.02. The van der Waals surface area contributed by atoms with Crippen LogP contribution >= 0.6 is 11.3 Å². The second-order valence-corrected chi connectivity index (χ2v) is 6.68. The first-order chi connectivity index (χ1) is 7.46. The molecule has 0 amide bonds. The molecule has 1 aromatic heterocycles. The van der Waals surface area contributed by atoms with Gasteiger partial charge in [-0.3, -0.25) is 4.90 Å². The fourth-order valence-electron chi connectivity index (χ4n) is 2.16. The Morgan fingerprint density at radius 1 is 1.62 bits per heavy atom. The van der Waals surface area contributed by atoms with Gasteiger partial charge < -0.3 is 5.32 Å². The van der Waals surface area contributed by atoms with Gasteiger partial charge in [-0.1, -0.05) is 0 Å². The molecule has 0 radical (unpaired) electrons. The molecule has 0 saturated carbocycles. The summed E-state index contributed by atoms with van der Waals surface area (Å²) in [5.41, 5.74) is 0.228. The second-order valence-electron chi connectivity index (χ2n) is 5.36. The van der Waals surface area contributed by atoms with E-state index in [1.54, 1.807) is 0 Å². The van der Waals surface area contributed by atoms with Crippen LogP contribution in [0.5, 0.6) is 0 Å². The van der Waals surface area contributed by atoms with Gasteiger partial charge in [0.25, 0.3) is 0 Å². The minimum Gasteiger partial charge on any atom is -0.309 e. The van der Waals surface area contributed by atoms with Gasteiger partial charge in [-0.2, -0.15) is 0 Å². The van der Waals surface area contributed by atoms with Crippen LogP contribution in [0.3, 0.4) is 0 Å². The van der Waals surface area contributed by atoms with Crippen molar-refractivity contribution in [2.24, 2.45) is 0 Å². The molecule has 1 aliphatic heterocycles. The summed E-state index contributed by atoms with van der Waals surface area (Å²) in [7, 11) is 0. The van der Waals surface area contributed by atoms with E-state index in [0.717, 1.165) is 24.6 Å². The van der Waals surface area contributed by atoms with Crippen LogP contribution in [0.1, 0.15) is 30.7 Å². The van der Waals surface area contributed by atoms with Crippen molar-refractivity contribution in [3.8, 4) is 0 Å². The summed E-state index contributed by atoms with van der Waals surface area (Å²) >= 11 is 1.81. The van der Waals surface area contributed by atoms with E-state index in [2.05, 4.69) is 42.9 Å². The Hall–Kier alpha value is -0.450. The molecule has 1 unspecified atom stereocenters. The van der Waals surface area contributed by atoms with E-state index >= 15 is 0 Å². The van der Waals surface area contributed by atoms with Gasteiger partial charge in [-0.05, 0) is 27.7 Å². The van der Waals surface area contributed by atoms with Gasteiger partial charge in [0.05, 0.1) is 5.01 Å². The number of hydrogen-bond acceptors (Lipinski definition) is 4. The first kappa shape index (κ1) is 12.0. The summed E-state index contributed by atoms with van der Waals surface area (Å²) in [6.45, 7) is 12.1. The largest absolute Gasteiger partial charge is 0.309 e. The number of piperazine rings is 1. The number of aryl methyl sites for hydroxylation is 1. The number of rotatable bonds is 2. The molecular weight excluding hydrogens is 218 g/mol. The van der Waals surface area contributed by atoms with Crippen molar-refractivity contribution in [2.75, 3.05) is 13.1 Å². The Morgan fingerprint density at radius 2 is 2.38 bits per heavy atom. The number of thiazole rings is 1. The minimum absolute atomic E-state index is 0.228. The Bertz CT molecular complexity index is 359. The lowest BCUT2D eigenvalue weighted by Crippen LogP contribution is -2.60. The van der Waals surface area contributed by atoms with Crippen molar-refractivity contribution in [3.05, 3.63) is 16.1 Å². The fraction of sp³-hybridized carbons (Fsp3) is 0.750. The number of nitrogens with one attached hydrogen (secondary N) is 1. The van der Waals surface area contributed by atoms with Crippen LogP contribution in [0, 0.1) is 6.92 Å². The summed E-state index contributed by atoms with van der Waals surface area (Å²) in [4.78, 5) is 8.24. The molecule has 2 heterocycles. The van der Waals surface area contributed by atoms with Gasteiger partial charge in [0.1, 0.15) is 0 Å². The van der Waals surface area contributed by atoms with Crippen LogP contribution in [0.15, 0.2) is 6.20 Å². The van der Waals surface area contributed by atoms with Gasteiger partial charge in [0, 0.05) is 42.3 Å². The molecule has 1 fully saturated rings. The van der Waals surface area contributed by atoms with Crippen molar-refractivity contribution >= 4 is 11.3 Å². The van der Waals surface area contributed by atoms with Crippen molar-refractivity contribution in [1.29, 1.82) is 0 Å². The molecule has 1 aliphatic rings. The highest BCUT2D eigenvalue weighted by molar-refractivity contribution is 7.11. The second kappa shape index (κ2) is 4.43. The van der Waals surface area contributed by atoms with Gasteiger partial charge in [-0.15, -0.1) is 11.3 Å². The molecule has 0 aliphatic carbocycles. The SMILES string of the molecule is Cc1ncc(CN2CC(C)(C)NCC2C)s1. The van der Waals surface area contributed by atoms with Gasteiger partial charge in [-0.25, -0.2) is 4.98 Å². The fourth-order valence-corrected chi connectivity index (χ4v) is 2.98. The van der Waals surface area contributed by atoms with E-state index in [0.29, 0.717) is 6.04 Å². The van der Waals surface area contributed by atoms with Crippen molar-refractivity contribution in [2.45, 2.75) is 45.8 Å². The molecule has 90 valence electrons. The standard InChI is InChI=1S/C12H21N3S/c1-9-5-14-12(3,4)8-15(9)7-11-6-13-10(2)16-11/h6,9,14H,5,7-8H2,1-4H3. The lowest BCUT2D eigenvalue weighted by Gasteiger charge is -2.43. The molecule has 0 aromatic carbocycles. The predicted octanol–water partition coefficient (Wildman–Crippen LogP) is 2.02. The third-order valence-corrected chi connectivity index (χ3v) is 4.02. The molecule has 0 spiro atoms. The quantitative estimate of drug-likeness (QED) is 0.856. The first-order valence-electron chi connectivity index (χ1n) is 5.87. The van der Waals surface area contributed by atoms with E-state index in [1.807, 2.05) is 17.5 Å².